The minimum Gasteiger partial charge on any atom is -0.340 e. The summed E-state index contributed by atoms with van der Waals surface area (Å²) < 4.78 is 0. The van der Waals surface area contributed by atoms with Gasteiger partial charge >= 0.3 is 0 Å². The lowest BCUT2D eigenvalue weighted by Gasteiger charge is -2.57. The van der Waals surface area contributed by atoms with Crippen molar-refractivity contribution in [3.63, 3.8) is 0 Å². The normalized spacial score (nSPS) is 24.5. The average molecular weight is 500 g/mol. The van der Waals surface area contributed by atoms with E-state index in [0.717, 1.165) is 88.7 Å². The van der Waals surface area contributed by atoms with Gasteiger partial charge in [0.15, 0.2) is 0 Å². The lowest BCUT2D eigenvalue weighted by atomic mass is 9.49. The molecule has 2 amide bonds. The van der Waals surface area contributed by atoms with E-state index in [4.69, 9.17) is 0 Å². The van der Waals surface area contributed by atoms with Gasteiger partial charge in [0, 0.05) is 51.7 Å². The number of fused-ring (bicyclic) bond motifs is 1. The van der Waals surface area contributed by atoms with Crippen molar-refractivity contribution in [2.45, 2.75) is 66.2 Å². The van der Waals surface area contributed by atoms with Crippen molar-refractivity contribution in [1.29, 1.82) is 0 Å². The second-order valence-electron chi connectivity index (χ2n) is 11.4. The molecule has 0 radical (unpaired) electrons. The molecule has 3 unspecified atom stereocenters. The number of nitrogens with zero attached hydrogens (tertiary/aromatic N) is 3. The molecule has 1 aliphatic heterocycles. The largest absolute Gasteiger partial charge is 0.340 e. The Balaban J connectivity index is 1.33. The van der Waals surface area contributed by atoms with E-state index in [2.05, 4.69) is 48.5 Å². The minimum absolute atomic E-state index is 0.163. The molecule has 3 aliphatic carbocycles. The average Bonchev–Trinajstić information content (AvgIpc) is 3.42. The number of carbonyl (C=O) groups is 2. The highest BCUT2D eigenvalue weighted by Crippen LogP contribution is 2.59. The maximum absolute atomic E-state index is 13.4. The predicted octanol–water partition coefficient (Wildman–Crippen LogP) is 5.54. The van der Waals surface area contributed by atoms with Gasteiger partial charge in [-0.2, -0.15) is 0 Å². The zero-order valence-electron chi connectivity index (χ0n) is 22.3. The highest BCUT2D eigenvalue weighted by atomic mass is 32.1. The zero-order chi connectivity index (χ0) is 25.0. The van der Waals surface area contributed by atoms with Crippen LogP contribution in [0.15, 0.2) is 29.2 Å². The van der Waals surface area contributed by atoms with Gasteiger partial charge < -0.3 is 9.80 Å². The Morgan fingerprint density at radius 2 is 1.97 bits per heavy atom. The minimum atomic E-state index is 0.163. The summed E-state index contributed by atoms with van der Waals surface area (Å²) in [7, 11) is 0. The van der Waals surface area contributed by atoms with Crippen LogP contribution in [0.3, 0.4) is 0 Å². The fourth-order valence-electron chi connectivity index (χ4n) is 6.35. The van der Waals surface area contributed by atoms with Crippen LogP contribution in [0, 0.1) is 23.2 Å². The van der Waals surface area contributed by atoms with Gasteiger partial charge in [0.25, 0.3) is 5.91 Å². The summed E-state index contributed by atoms with van der Waals surface area (Å²) in [5.41, 5.74) is 1.84. The van der Waals surface area contributed by atoms with Gasteiger partial charge in [0.2, 0.25) is 5.91 Å². The molecule has 1 aromatic rings. The molecule has 5 nitrogen and oxygen atoms in total. The molecular formula is C29H45N3O2S. The number of rotatable bonds is 11. The van der Waals surface area contributed by atoms with E-state index >= 15 is 0 Å². The molecule has 1 saturated heterocycles. The van der Waals surface area contributed by atoms with Gasteiger partial charge in [0.1, 0.15) is 0 Å². The summed E-state index contributed by atoms with van der Waals surface area (Å²) in [6.07, 6.45) is 9.10. The van der Waals surface area contributed by atoms with E-state index in [-0.39, 0.29) is 11.8 Å². The van der Waals surface area contributed by atoms with Gasteiger partial charge in [-0.15, -0.1) is 11.3 Å². The first kappa shape index (κ1) is 26.4. The molecule has 5 rings (SSSR count). The highest BCUT2D eigenvalue weighted by Gasteiger charge is 2.51. The number of allylic oxidation sites excluding steroid dienone is 1. The van der Waals surface area contributed by atoms with Crippen LogP contribution in [0.4, 0.5) is 0 Å². The number of thiophene rings is 1. The summed E-state index contributed by atoms with van der Waals surface area (Å²) in [5.74, 6) is 2.12. The second-order valence-corrected chi connectivity index (χ2v) is 12.4. The fourth-order valence-corrected chi connectivity index (χ4v) is 7.04. The molecule has 2 bridgehead atoms. The van der Waals surface area contributed by atoms with Gasteiger partial charge in [-0.05, 0) is 54.4 Å². The van der Waals surface area contributed by atoms with Crippen LogP contribution in [-0.2, 0) is 4.79 Å². The fraction of sp³-hybridized carbons (Fsp3) is 0.724. The number of hydrogen-bond acceptors (Lipinski definition) is 4. The molecule has 0 N–H and O–H groups in total. The molecule has 6 heteroatoms. The molecule has 3 atom stereocenters. The number of carbonyl (C=O) groups excluding carboxylic acids is 2. The first-order valence-electron chi connectivity index (χ1n) is 13.9. The van der Waals surface area contributed by atoms with Crippen LogP contribution in [0.25, 0.3) is 0 Å². The maximum Gasteiger partial charge on any atom is 0.264 e. The molecular weight excluding hydrogens is 454 g/mol. The molecule has 0 spiro atoms. The molecule has 0 aromatic carbocycles. The van der Waals surface area contributed by atoms with Crippen molar-refractivity contribution in [3.05, 3.63) is 34.0 Å². The molecule has 4 aliphatic rings. The summed E-state index contributed by atoms with van der Waals surface area (Å²) in [4.78, 5) is 33.8. The first-order chi connectivity index (χ1) is 16.8. The van der Waals surface area contributed by atoms with Crippen molar-refractivity contribution < 1.29 is 9.59 Å². The van der Waals surface area contributed by atoms with E-state index < -0.39 is 0 Å². The van der Waals surface area contributed by atoms with Crippen LogP contribution in [0.5, 0.6) is 0 Å². The van der Waals surface area contributed by atoms with E-state index in [9.17, 15) is 9.59 Å². The first-order valence-corrected chi connectivity index (χ1v) is 14.8. The van der Waals surface area contributed by atoms with Crippen molar-refractivity contribution >= 4 is 23.2 Å². The Hall–Kier alpha value is -1.66. The Labute approximate surface area is 216 Å². The van der Waals surface area contributed by atoms with Crippen LogP contribution < -0.4 is 0 Å². The lowest BCUT2D eigenvalue weighted by molar-refractivity contribution is -0.137. The standard InChI is InChI=1S/C29H45N3O2S/c1-5-7-9-22(6-2)27(33)31-16-13-30(14-17-31)15-18-32(28(34)26-10-8-19-35-26)21-23-11-12-24-20-25(23)29(24,3)4/h8,10-11,19,22,24-25H,5-7,9,12-18,20-21H2,1-4H3. The van der Waals surface area contributed by atoms with Gasteiger partial charge in [-0.25, -0.2) is 0 Å². The number of amides is 2. The molecule has 1 saturated carbocycles. The van der Waals surface area contributed by atoms with Crippen molar-refractivity contribution in [2.24, 2.45) is 23.2 Å². The predicted molar refractivity (Wildman–Crippen MR) is 145 cm³/mol. The molecule has 35 heavy (non-hydrogen) atoms. The van der Waals surface area contributed by atoms with Crippen LogP contribution in [0.2, 0.25) is 0 Å². The summed E-state index contributed by atoms with van der Waals surface area (Å²) in [5, 5.41) is 1.99. The Kier molecular flexibility index (Phi) is 8.75. The van der Waals surface area contributed by atoms with Crippen molar-refractivity contribution in [3.8, 4) is 0 Å². The molecule has 2 fully saturated rings. The molecule has 1 aromatic heterocycles. The van der Waals surface area contributed by atoms with Crippen molar-refractivity contribution in [2.75, 3.05) is 45.8 Å². The SMILES string of the molecule is CCCCC(CC)C(=O)N1CCN(CCN(CC2=CCC3CC2C3(C)C)C(=O)c2cccs2)CC1. The smallest absolute Gasteiger partial charge is 0.264 e. The van der Waals surface area contributed by atoms with Crippen LogP contribution in [0.1, 0.15) is 75.9 Å². The van der Waals surface area contributed by atoms with E-state index in [1.54, 1.807) is 0 Å². The van der Waals surface area contributed by atoms with Gasteiger partial charge in [0.05, 0.1) is 4.88 Å². The third kappa shape index (κ3) is 5.85. The van der Waals surface area contributed by atoms with Gasteiger partial charge in [-0.1, -0.05) is 58.3 Å². The van der Waals surface area contributed by atoms with Crippen LogP contribution >= 0.6 is 11.3 Å². The van der Waals surface area contributed by atoms with Crippen LogP contribution in [-0.4, -0.2) is 72.3 Å². The topological polar surface area (TPSA) is 43.9 Å². The zero-order valence-corrected chi connectivity index (χ0v) is 23.1. The Morgan fingerprint density at radius 1 is 1.20 bits per heavy atom. The van der Waals surface area contributed by atoms with Gasteiger partial charge in [-0.3, -0.25) is 14.5 Å². The summed E-state index contributed by atoms with van der Waals surface area (Å²) in [6, 6.07) is 3.92. The summed E-state index contributed by atoms with van der Waals surface area (Å²) in [6.45, 7) is 14.9. The molecule has 2 heterocycles. The quantitative estimate of drug-likeness (QED) is 0.375. The monoisotopic (exact) mass is 499 g/mol. The number of unbranched alkanes of at least 4 members (excludes halogenated alkanes) is 1. The maximum atomic E-state index is 13.4. The number of hydrogen-bond donors (Lipinski definition) is 0. The highest BCUT2D eigenvalue weighted by molar-refractivity contribution is 7.12. The second kappa shape index (κ2) is 11.6. The Morgan fingerprint density at radius 3 is 2.57 bits per heavy atom. The van der Waals surface area contributed by atoms with E-state index in [0.29, 0.717) is 17.2 Å². The molecule has 194 valence electrons. The summed E-state index contributed by atoms with van der Waals surface area (Å²) >= 11 is 1.54. The number of piperazine rings is 1. The van der Waals surface area contributed by atoms with Crippen molar-refractivity contribution in [1.82, 2.24) is 14.7 Å². The third-order valence-electron chi connectivity index (χ3n) is 9.09. The van der Waals surface area contributed by atoms with E-state index in [1.807, 2.05) is 17.5 Å². The Bertz CT molecular complexity index is 886. The lowest BCUT2D eigenvalue weighted by Crippen LogP contribution is -2.53. The third-order valence-corrected chi connectivity index (χ3v) is 9.95. The van der Waals surface area contributed by atoms with E-state index in [1.165, 1.54) is 23.3 Å².